The van der Waals surface area contributed by atoms with Crippen molar-refractivity contribution in [1.82, 2.24) is 0 Å². The lowest BCUT2D eigenvalue weighted by molar-refractivity contribution is 0.0365. The van der Waals surface area contributed by atoms with E-state index < -0.39 is 9.84 Å². The lowest BCUT2D eigenvalue weighted by Crippen LogP contribution is -2.27. The largest absolute Gasteiger partial charge is 0.382 e. The Morgan fingerprint density at radius 3 is 2.50 bits per heavy atom. The van der Waals surface area contributed by atoms with E-state index in [-0.39, 0.29) is 11.0 Å². The van der Waals surface area contributed by atoms with Crippen molar-refractivity contribution in [2.45, 2.75) is 11.0 Å². The van der Waals surface area contributed by atoms with Crippen LogP contribution in [0, 0.1) is 0 Å². The number of anilines is 1. The summed E-state index contributed by atoms with van der Waals surface area (Å²) >= 11 is 0. The van der Waals surface area contributed by atoms with E-state index in [1.807, 2.05) is 0 Å². The molecule has 0 fully saturated rings. The zero-order valence-corrected chi connectivity index (χ0v) is 11.7. The Balaban J connectivity index is 2.79. The maximum atomic E-state index is 11.6. The number of methoxy groups -OCH3 is 2. The predicted octanol–water partition coefficient (Wildman–Crippen LogP) is 1.16. The van der Waals surface area contributed by atoms with Gasteiger partial charge in [-0.15, -0.1) is 0 Å². The monoisotopic (exact) mass is 273 g/mol. The van der Waals surface area contributed by atoms with Gasteiger partial charge >= 0.3 is 0 Å². The highest BCUT2D eigenvalue weighted by Gasteiger charge is 2.13. The van der Waals surface area contributed by atoms with Gasteiger partial charge in [-0.1, -0.05) is 12.1 Å². The quantitative estimate of drug-likeness (QED) is 0.807. The Morgan fingerprint density at radius 2 is 1.94 bits per heavy atom. The molecular formula is C12H19NO4S. The van der Waals surface area contributed by atoms with Crippen molar-refractivity contribution < 1.29 is 17.9 Å². The second-order valence-electron chi connectivity index (χ2n) is 3.96. The van der Waals surface area contributed by atoms with Gasteiger partial charge < -0.3 is 14.8 Å². The molecule has 0 aromatic heterocycles. The first kappa shape index (κ1) is 14.9. The highest BCUT2D eigenvalue weighted by atomic mass is 32.2. The Bertz CT molecular complexity index is 473. The maximum absolute atomic E-state index is 11.6. The van der Waals surface area contributed by atoms with Crippen molar-refractivity contribution in [2.75, 3.05) is 38.9 Å². The third-order valence-corrected chi connectivity index (χ3v) is 3.65. The first-order valence-electron chi connectivity index (χ1n) is 5.53. The molecule has 18 heavy (non-hydrogen) atoms. The van der Waals surface area contributed by atoms with Gasteiger partial charge in [0.25, 0.3) is 0 Å². The zero-order valence-electron chi connectivity index (χ0n) is 10.8. The predicted molar refractivity (Wildman–Crippen MR) is 70.7 cm³/mol. The van der Waals surface area contributed by atoms with Gasteiger partial charge in [-0.25, -0.2) is 8.42 Å². The number of sulfone groups is 1. The normalized spacial score (nSPS) is 13.3. The molecule has 0 bridgehead atoms. The Kier molecular flexibility index (Phi) is 5.58. The molecule has 0 aliphatic rings. The van der Waals surface area contributed by atoms with Gasteiger partial charge in [-0.05, 0) is 12.1 Å². The molecule has 0 saturated heterocycles. The zero-order chi connectivity index (χ0) is 13.6. The van der Waals surface area contributed by atoms with Gasteiger partial charge in [0.1, 0.15) is 0 Å². The summed E-state index contributed by atoms with van der Waals surface area (Å²) in [5.74, 6) is 0. The molecule has 0 aliphatic carbocycles. The summed E-state index contributed by atoms with van der Waals surface area (Å²) in [6, 6.07) is 6.80. The lowest BCUT2D eigenvalue weighted by Gasteiger charge is -2.17. The molecule has 6 heteroatoms. The van der Waals surface area contributed by atoms with Gasteiger partial charge in [-0.3, -0.25) is 0 Å². The second-order valence-corrected chi connectivity index (χ2v) is 5.95. The minimum atomic E-state index is -3.23. The Hall–Kier alpha value is -1.11. The summed E-state index contributed by atoms with van der Waals surface area (Å²) in [4.78, 5) is 0.289. The number of ether oxygens (including phenoxy) is 2. The van der Waals surface area contributed by atoms with Crippen LogP contribution in [0.25, 0.3) is 0 Å². The van der Waals surface area contributed by atoms with Crippen molar-refractivity contribution in [3.05, 3.63) is 24.3 Å². The summed E-state index contributed by atoms with van der Waals surface area (Å²) in [5.41, 5.74) is 0.582. The van der Waals surface area contributed by atoms with Crippen molar-refractivity contribution in [3.8, 4) is 0 Å². The van der Waals surface area contributed by atoms with Crippen LogP contribution in [0.1, 0.15) is 0 Å². The van der Waals surface area contributed by atoms with E-state index in [0.717, 1.165) is 0 Å². The molecule has 5 nitrogen and oxygen atoms in total. The van der Waals surface area contributed by atoms with E-state index in [4.69, 9.17) is 9.47 Å². The standard InChI is InChI=1S/C12H19NO4S/c1-16-9-10(17-2)8-13-11-6-4-5-7-12(11)18(3,14)15/h4-7,10,13H,8-9H2,1-3H3. The summed E-state index contributed by atoms with van der Waals surface area (Å²) in [5, 5.41) is 3.07. The van der Waals surface area contributed by atoms with Crippen LogP contribution in [0.3, 0.4) is 0 Å². The van der Waals surface area contributed by atoms with Crippen LogP contribution in [0.15, 0.2) is 29.2 Å². The van der Waals surface area contributed by atoms with Gasteiger partial charge in [0.15, 0.2) is 9.84 Å². The van der Waals surface area contributed by atoms with Crippen molar-refractivity contribution >= 4 is 15.5 Å². The van der Waals surface area contributed by atoms with E-state index in [9.17, 15) is 8.42 Å². The number of hydrogen-bond donors (Lipinski definition) is 1. The average molecular weight is 273 g/mol. The van der Waals surface area contributed by atoms with E-state index in [1.165, 1.54) is 6.26 Å². The van der Waals surface area contributed by atoms with Crippen LogP contribution in [0.2, 0.25) is 0 Å². The van der Waals surface area contributed by atoms with Crippen LogP contribution >= 0.6 is 0 Å². The van der Waals surface area contributed by atoms with Crippen LogP contribution in [0.4, 0.5) is 5.69 Å². The summed E-state index contributed by atoms with van der Waals surface area (Å²) < 4.78 is 33.4. The molecule has 0 spiro atoms. The van der Waals surface area contributed by atoms with E-state index >= 15 is 0 Å². The molecule has 0 aliphatic heterocycles. The summed E-state index contributed by atoms with van der Waals surface area (Å²) in [6.07, 6.45) is 1.07. The van der Waals surface area contributed by atoms with Crippen molar-refractivity contribution in [3.63, 3.8) is 0 Å². The summed E-state index contributed by atoms with van der Waals surface area (Å²) in [6.45, 7) is 0.932. The third-order valence-electron chi connectivity index (χ3n) is 2.49. The minimum Gasteiger partial charge on any atom is -0.382 e. The maximum Gasteiger partial charge on any atom is 0.177 e. The van der Waals surface area contributed by atoms with Crippen LogP contribution in [-0.2, 0) is 19.3 Å². The molecule has 1 aromatic rings. The fourth-order valence-electron chi connectivity index (χ4n) is 1.56. The Morgan fingerprint density at radius 1 is 1.28 bits per heavy atom. The fourth-order valence-corrected chi connectivity index (χ4v) is 2.42. The molecule has 0 radical (unpaired) electrons. The van der Waals surface area contributed by atoms with E-state index in [2.05, 4.69) is 5.32 Å². The highest BCUT2D eigenvalue weighted by Crippen LogP contribution is 2.20. The molecular weight excluding hydrogens is 254 g/mol. The molecule has 102 valence electrons. The first-order valence-corrected chi connectivity index (χ1v) is 7.43. The molecule has 1 rings (SSSR count). The van der Waals surface area contributed by atoms with Crippen molar-refractivity contribution in [1.29, 1.82) is 0 Å². The van der Waals surface area contributed by atoms with Gasteiger partial charge in [0.05, 0.1) is 23.3 Å². The topological polar surface area (TPSA) is 64.6 Å². The first-order chi connectivity index (χ1) is 8.49. The van der Waals surface area contributed by atoms with Crippen LogP contribution in [-0.4, -0.2) is 48.1 Å². The molecule has 1 N–H and O–H groups in total. The molecule has 0 heterocycles. The highest BCUT2D eigenvalue weighted by molar-refractivity contribution is 7.90. The molecule has 0 amide bonds. The second kappa shape index (κ2) is 6.72. The fraction of sp³-hybridized carbons (Fsp3) is 0.500. The van der Waals surface area contributed by atoms with Crippen LogP contribution < -0.4 is 5.32 Å². The minimum absolute atomic E-state index is 0.123. The average Bonchev–Trinajstić information content (AvgIpc) is 2.33. The van der Waals surface area contributed by atoms with Crippen molar-refractivity contribution in [2.24, 2.45) is 0 Å². The molecule has 1 unspecified atom stereocenters. The molecule has 1 aromatic carbocycles. The van der Waals surface area contributed by atoms with Crippen LogP contribution in [0.5, 0.6) is 0 Å². The van der Waals surface area contributed by atoms with Gasteiger partial charge in [0, 0.05) is 27.0 Å². The smallest absolute Gasteiger partial charge is 0.177 e. The van der Waals surface area contributed by atoms with Gasteiger partial charge in [0.2, 0.25) is 0 Å². The molecule has 1 atom stereocenters. The third kappa shape index (κ3) is 4.29. The molecule has 0 saturated carbocycles. The number of hydrogen-bond acceptors (Lipinski definition) is 5. The SMILES string of the molecule is COCC(CNc1ccccc1S(C)(=O)=O)OC. The number of rotatable bonds is 7. The Labute approximate surface area is 108 Å². The lowest BCUT2D eigenvalue weighted by atomic mass is 10.3. The van der Waals surface area contributed by atoms with E-state index in [1.54, 1.807) is 38.5 Å². The number of para-hydroxylation sites is 1. The summed E-state index contributed by atoms with van der Waals surface area (Å²) in [7, 11) is -0.0501. The van der Waals surface area contributed by atoms with E-state index in [0.29, 0.717) is 18.8 Å². The number of nitrogens with one attached hydrogen (secondary N) is 1. The number of benzene rings is 1. The van der Waals surface area contributed by atoms with Gasteiger partial charge in [-0.2, -0.15) is 0 Å².